The van der Waals surface area contributed by atoms with Gasteiger partial charge >= 0.3 is 6.18 Å². The Morgan fingerprint density at radius 2 is 1.58 bits per heavy atom. The highest BCUT2D eigenvalue weighted by molar-refractivity contribution is 7.89. The van der Waals surface area contributed by atoms with Gasteiger partial charge in [0, 0.05) is 24.2 Å². The highest BCUT2D eigenvalue weighted by Crippen LogP contribution is 2.19. The first kappa shape index (κ1) is 24.3. The average Bonchev–Trinajstić information content (AvgIpc) is 2.71. The fourth-order valence-electron chi connectivity index (χ4n) is 2.67. The Balaban J connectivity index is 2.06. The molecule has 0 atom stereocenters. The van der Waals surface area contributed by atoms with Gasteiger partial charge in [0.15, 0.2) is 5.78 Å². The van der Waals surface area contributed by atoms with Crippen molar-refractivity contribution < 1.29 is 31.2 Å². The molecule has 0 saturated heterocycles. The number of carbonyl (C=O) groups excluding carboxylic acids is 2. The van der Waals surface area contributed by atoms with E-state index in [2.05, 4.69) is 11.3 Å². The number of nitrogens with zero attached hydrogens (tertiary/aromatic N) is 1. The van der Waals surface area contributed by atoms with Crippen molar-refractivity contribution in [1.82, 2.24) is 9.62 Å². The van der Waals surface area contributed by atoms with Gasteiger partial charge in [-0.05, 0) is 36.8 Å². The Morgan fingerprint density at radius 1 is 1.03 bits per heavy atom. The number of rotatable bonds is 9. The summed E-state index contributed by atoms with van der Waals surface area (Å²) in [6.45, 7) is 2.98. The second-order valence-corrected chi connectivity index (χ2v) is 8.46. The molecule has 0 aromatic heterocycles. The van der Waals surface area contributed by atoms with Crippen LogP contribution in [0, 0.1) is 0 Å². The molecule has 1 amide bonds. The van der Waals surface area contributed by atoms with Gasteiger partial charge < -0.3 is 4.90 Å². The van der Waals surface area contributed by atoms with Gasteiger partial charge in [-0.1, -0.05) is 30.3 Å². The number of sulfonamides is 1. The van der Waals surface area contributed by atoms with Crippen LogP contribution in [0.1, 0.15) is 33.2 Å². The van der Waals surface area contributed by atoms with E-state index < -0.39 is 28.7 Å². The summed E-state index contributed by atoms with van der Waals surface area (Å²) in [6.07, 6.45) is -3.34. The predicted octanol–water partition coefficient (Wildman–Crippen LogP) is 3.56. The first-order chi connectivity index (χ1) is 14.4. The summed E-state index contributed by atoms with van der Waals surface area (Å²) in [5.41, 5.74) is 0.930. The van der Waals surface area contributed by atoms with E-state index in [0.717, 1.165) is 0 Å². The van der Waals surface area contributed by atoms with Crippen LogP contribution < -0.4 is 4.72 Å². The highest BCUT2D eigenvalue weighted by atomic mass is 32.2. The molecule has 0 fully saturated rings. The van der Waals surface area contributed by atoms with E-state index in [1.54, 1.807) is 0 Å². The number of Topliss-reactive ketones (excluding diaryl/α,β-unsaturated/α-hetero) is 1. The molecular weight excluding hydrogens is 433 g/mol. The molecule has 2 aromatic rings. The summed E-state index contributed by atoms with van der Waals surface area (Å²) in [7, 11) is -3.84. The van der Waals surface area contributed by atoms with Crippen LogP contribution in [-0.4, -0.2) is 44.3 Å². The van der Waals surface area contributed by atoms with E-state index >= 15 is 0 Å². The van der Waals surface area contributed by atoms with Crippen molar-refractivity contribution in [3.63, 3.8) is 0 Å². The minimum absolute atomic E-state index is 0.0171. The third-order valence-electron chi connectivity index (χ3n) is 4.25. The van der Waals surface area contributed by atoms with Crippen LogP contribution >= 0.6 is 0 Å². The molecule has 0 aliphatic rings. The van der Waals surface area contributed by atoms with Crippen molar-refractivity contribution in [1.29, 1.82) is 0 Å². The molecule has 0 aliphatic heterocycles. The summed E-state index contributed by atoms with van der Waals surface area (Å²) in [5, 5.41) is 0. The lowest BCUT2D eigenvalue weighted by Gasteiger charge is -2.22. The molecule has 10 heteroatoms. The molecule has 0 unspecified atom stereocenters. The maximum absolute atomic E-state index is 12.7. The van der Waals surface area contributed by atoms with Crippen LogP contribution in [0.5, 0.6) is 0 Å². The van der Waals surface area contributed by atoms with Crippen molar-refractivity contribution in [3.05, 3.63) is 77.9 Å². The molecule has 166 valence electrons. The molecule has 0 radical (unpaired) electrons. The summed E-state index contributed by atoms with van der Waals surface area (Å²) in [4.78, 5) is 24.2. The minimum Gasteiger partial charge on any atom is -0.326 e. The zero-order valence-corrected chi connectivity index (χ0v) is 17.5. The Morgan fingerprint density at radius 3 is 2.06 bits per heavy atom. The van der Waals surface area contributed by atoms with Crippen LogP contribution in [0.4, 0.5) is 13.2 Å². The molecule has 2 rings (SSSR count). The van der Waals surface area contributed by atoms with Gasteiger partial charge in [0.2, 0.25) is 10.0 Å². The molecule has 0 spiro atoms. The molecular formula is C21H21F3N2O4S. The average molecular weight is 454 g/mol. The van der Waals surface area contributed by atoms with E-state index in [9.17, 15) is 31.2 Å². The van der Waals surface area contributed by atoms with Crippen LogP contribution in [-0.2, 0) is 16.6 Å². The Bertz CT molecular complexity index is 1050. The number of hydrogen-bond donors (Lipinski definition) is 1. The monoisotopic (exact) mass is 454 g/mol. The third-order valence-corrected chi connectivity index (χ3v) is 5.66. The van der Waals surface area contributed by atoms with Crippen LogP contribution in [0.2, 0.25) is 0 Å². The third kappa shape index (κ3) is 7.04. The fraction of sp³-hybridized carbons (Fsp3) is 0.238. The number of amides is 1. The van der Waals surface area contributed by atoms with Crippen LogP contribution in [0.3, 0.4) is 0 Å². The molecule has 0 saturated carbocycles. The van der Waals surface area contributed by atoms with E-state index in [1.165, 1.54) is 61.5 Å². The van der Waals surface area contributed by atoms with Crippen molar-refractivity contribution in [2.24, 2.45) is 0 Å². The quantitative estimate of drug-likeness (QED) is 0.464. The zero-order valence-electron chi connectivity index (χ0n) is 16.6. The fourth-order valence-corrected chi connectivity index (χ4v) is 3.69. The molecule has 0 bridgehead atoms. The second kappa shape index (κ2) is 9.88. The number of carbonyl (C=O) groups is 2. The van der Waals surface area contributed by atoms with Gasteiger partial charge in [-0.15, -0.1) is 6.58 Å². The molecule has 0 aliphatic carbocycles. The molecule has 31 heavy (non-hydrogen) atoms. The molecule has 1 N–H and O–H groups in total. The van der Waals surface area contributed by atoms with Gasteiger partial charge in [0.1, 0.15) is 6.54 Å². The number of ketones is 1. The summed E-state index contributed by atoms with van der Waals surface area (Å²) >= 11 is 0. The predicted molar refractivity (Wildman–Crippen MR) is 109 cm³/mol. The smallest absolute Gasteiger partial charge is 0.326 e. The van der Waals surface area contributed by atoms with Gasteiger partial charge in [0.05, 0.1) is 4.90 Å². The van der Waals surface area contributed by atoms with Gasteiger partial charge in [-0.25, -0.2) is 13.1 Å². The number of nitrogens with one attached hydrogen (secondary N) is 1. The van der Waals surface area contributed by atoms with Crippen molar-refractivity contribution >= 4 is 21.7 Å². The summed E-state index contributed by atoms with van der Waals surface area (Å²) < 4.78 is 65.2. The maximum Gasteiger partial charge on any atom is 0.406 e. The topological polar surface area (TPSA) is 83.6 Å². The summed E-state index contributed by atoms with van der Waals surface area (Å²) in [5.74, 6) is -0.997. The van der Waals surface area contributed by atoms with E-state index in [1.807, 2.05) is 0 Å². The first-order valence-corrected chi connectivity index (χ1v) is 10.6. The molecule has 2 aromatic carbocycles. The van der Waals surface area contributed by atoms with Gasteiger partial charge in [0.25, 0.3) is 5.91 Å². The first-order valence-electron chi connectivity index (χ1n) is 9.09. The second-order valence-electron chi connectivity index (χ2n) is 6.69. The van der Waals surface area contributed by atoms with Crippen molar-refractivity contribution in [2.45, 2.75) is 24.5 Å². The lowest BCUT2D eigenvalue weighted by atomic mass is 10.1. The number of benzene rings is 2. The lowest BCUT2D eigenvalue weighted by Crippen LogP contribution is -2.39. The largest absolute Gasteiger partial charge is 0.406 e. The number of hydrogen-bond acceptors (Lipinski definition) is 4. The van der Waals surface area contributed by atoms with E-state index in [-0.39, 0.29) is 29.3 Å². The Labute approximate surface area is 178 Å². The molecule has 6 nitrogen and oxygen atoms in total. The van der Waals surface area contributed by atoms with Gasteiger partial charge in [-0.2, -0.15) is 13.2 Å². The van der Waals surface area contributed by atoms with Crippen LogP contribution in [0.25, 0.3) is 0 Å². The minimum atomic E-state index is -4.54. The highest BCUT2D eigenvalue weighted by Gasteiger charge is 2.32. The Hall–Kier alpha value is -2.98. The number of halogens is 3. The van der Waals surface area contributed by atoms with Gasteiger partial charge in [-0.3, -0.25) is 9.59 Å². The van der Waals surface area contributed by atoms with E-state index in [0.29, 0.717) is 16.0 Å². The summed E-state index contributed by atoms with van der Waals surface area (Å²) in [6, 6.07) is 11.0. The lowest BCUT2D eigenvalue weighted by molar-refractivity contribution is -0.139. The molecule has 0 heterocycles. The number of alkyl halides is 3. The normalized spacial score (nSPS) is 11.7. The van der Waals surface area contributed by atoms with Crippen LogP contribution in [0.15, 0.2) is 66.1 Å². The Kier molecular flexibility index (Phi) is 7.75. The van der Waals surface area contributed by atoms with E-state index in [4.69, 9.17) is 0 Å². The SMILES string of the molecule is C=CCN(CC(F)(F)F)C(=O)c1ccc(CNS(=O)(=O)c2ccc(C(C)=O)cc2)cc1. The zero-order chi connectivity index (χ0) is 23.2. The van der Waals surface area contributed by atoms with Crippen molar-refractivity contribution in [3.8, 4) is 0 Å². The van der Waals surface area contributed by atoms with Crippen molar-refractivity contribution in [2.75, 3.05) is 13.1 Å². The standard InChI is InChI=1S/C21H21F3N2O4S/c1-3-12-26(14-21(22,23)24)20(28)18-6-4-16(5-7-18)13-25-31(29,30)19-10-8-17(9-11-19)15(2)27/h3-11,25H,1,12-14H2,2H3. The maximum atomic E-state index is 12.7.